The minimum absolute atomic E-state index is 0.731. The molecule has 0 amide bonds. The van der Waals surface area contributed by atoms with E-state index >= 15 is 0 Å². The molecule has 98 valence electrons. The fraction of sp³-hybridized carbons (Fsp3) is 0.533. The monoisotopic (exact) mass is 245 g/mol. The van der Waals surface area contributed by atoms with Gasteiger partial charge in [-0.2, -0.15) is 5.26 Å². The Bertz CT molecular complexity index is 376. The highest BCUT2D eigenvalue weighted by Crippen LogP contribution is 2.07. The van der Waals surface area contributed by atoms with Crippen molar-refractivity contribution in [2.75, 3.05) is 33.7 Å². The van der Waals surface area contributed by atoms with Crippen molar-refractivity contribution in [2.45, 2.75) is 19.9 Å². The number of nitriles is 1. The Morgan fingerprint density at radius 2 is 1.72 bits per heavy atom. The molecule has 0 aromatic heterocycles. The molecule has 0 N–H and O–H groups in total. The number of hydrogen-bond acceptors (Lipinski definition) is 3. The first kappa shape index (κ1) is 14.7. The van der Waals surface area contributed by atoms with Crippen LogP contribution in [0.15, 0.2) is 24.3 Å². The average Bonchev–Trinajstić information content (AvgIpc) is 2.37. The highest BCUT2D eigenvalue weighted by Gasteiger charge is 2.05. The summed E-state index contributed by atoms with van der Waals surface area (Å²) in [6.07, 6.45) is 1.17. The number of rotatable bonds is 7. The lowest BCUT2D eigenvalue weighted by Gasteiger charge is -2.23. The molecule has 0 radical (unpaired) electrons. The first-order valence-corrected chi connectivity index (χ1v) is 6.51. The molecule has 3 heteroatoms. The van der Waals surface area contributed by atoms with E-state index in [0.717, 1.165) is 31.7 Å². The van der Waals surface area contributed by atoms with Gasteiger partial charge in [0.2, 0.25) is 0 Å². The lowest BCUT2D eigenvalue weighted by Crippen LogP contribution is -2.32. The van der Waals surface area contributed by atoms with Crippen molar-refractivity contribution in [1.29, 1.82) is 5.26 Å². The Kier molecular flexibility index (Phi) is 6.42. The fourth-order valence-electron chi connectivity index (χ4n) is 1.87. The van der Waals surface area contributed by atoms with Crippen LogP contribution in [0.2, 0.25) is 0 Å². The van der Waals surface area contributed by atoms with Crippen LogP contribution in [-0.4, -0.2) is 43.5 Å². The molecule has 18 heavy (non-hydrogen) atoms. The summed E-state index contributed by atoms with van der Waals surface area (Å²) >= 11 is 0. The smallest absolute Gasteiger partial charge is 0.0991 e. The van der Waals surface area contributed by atoms with E-state index in [0.29, 0.717) is 0 Å². The van der Waals surface area contributed by atoms with Gasteiger partial charge in [0.25, 0.3) is 0 Å². The van der Waals surface area contributed by atoms with Crippen molar-refractivity contribution in [3.05, 3.63) is 35.4 Å². The van der Waals surface area contributed by atoms with E-state index in [-0.39, 0.29) is 0 Å². The first-order chi connectivity index (χ1) is 8.65. The molecule has 0 spiro atoms. The van der Waals surface area contributed by atoms with Gasteiger partial charge in [-0.05, 0) is 44.8 Å². The van der Waals surface area contributed by atoms with Crippen LogP contribution in [0, 0.1) is 11.3 Å². The third-order valence-corrected chi connectivity index (χ3v) is 2.89. The third-order valence-electron chi connectivity index (χ3n) is 2.89. The Morgan fingerprint density at radius 3 is 2.22 bits per heavy atom. The minimum Gasteiger partial charge on any atom is -0.308 e. The second-order valence-electron chi connectivity index (χ2n) is 4.89. The van der Waals surface area contributed by atoms with Crippen LogP contribution in [0.5, 0.6) is 0 Å². The van der Waals surface area contributed by atoms with E-state index < -0.39 is 0 Å². The van der Waals surface area contributed by atoms with E-state index in [1.165, 1.54) is 12.0 Å². The molecule has 0 saturated carbocycles. The topological polar surface area (TPSA) is 30.3 Å². The molecular weight excluding hydrogens is 222 g/mol. The highest BCUT2D eigenvalue weighted by atomic mass is 15.2. The highest BCUT2D eigenvalue weighted by molar-refractivity contribution is 5.31. The molecule has 0 unspecified atom stereocenters. The number of hydrogen-bond donors (Lipinski definition) is 0. The largest absolute Gasteiger partial charge is 0.308 e. The van der Waals surface area contributed by atoms with Crippen LogP contribution in [0.25, 0.3) is 0 Å². The van der Waals surface area contributed by atoms with Gasteiger partial charge in [0.05, 0.1) is 11.6 Å². The minimum atomic E-state index is 0.731. The first-order valence-electron chi connectivity index (χ1n) is 6.51. The summed E-state index contributed by atoms with van der Waals surface area (Å²) in [5.74, 6) is 0. The van der Waals surface area contributed by atoms with Crippen LogP contribution >= 0.6 is 0 Å². The van der Waals surface area contributed by atoms with Gasteiger partial charge in [-0.15, -0.1) is 0 Å². The number of benzene rings is 1. The third kappa shape index (κ3) is 5.31. The summed E-state index contributed by atoms with van der Waals surface area (Å²) in [6.45, 7) is 6.46. The summed E-state index contributed by atoms with van der Waals surface area (Å²) in [5.41, 5.74) is 2.01. The van der Waals surface area contributed by atoms with E-state index in [4.69, 9.17) is 5.26 Å². The molecule has 0 atom stereocenters. The van der Waals surface area contributed by atoms with Gasteiger partial charge in [-0.25, -0.2) is 0 Å². The maximum Gasteiger partial charge on any atom is 0.0991 e. The molecule has 0 aliphatic heterocycles. The molecule has 0 fully saturated rings. The number of likely N-dealkylation sites (N-methyl/N-ethyl adjacent to an activating group) is 1. The summed E-state index contributed by atoms with van der Waals surface area (Å²) in [5, 5.41) is 8.77. The van der Waals surface area contributed by atoms with E-state index in [1.807, 2.05) is 12.1 Å². The zero-order valence-electron chi connectivity index (χ0n) is 11.7. The standard InChI is InChI=1S/C15H23N3/c1-4-9-18(11-10-17(2)3)13-15-7-5-14(12-16)6-8-15/h5-8H,4,9-11,13H2,1-3H3. The van der Waals surface area contributed by atoms with Crippen LogP contribution in [0.1, 0.15) is 24.5 Å². The molecule has 0 aliphatic rings. The summed E-state index contributed by atoms with van der Waals surface area (Å²) < 4.78 is 0. The van der Waals surface area contributed by atoms with Crippen LogP contribution in [0.4, 0.5) is 0 Å². The molecule has 0 heterocycles. The Labute approximate surface area is 111 Å². The van der Waals surface area contributed by atoms with Gasteiger partial charge in [0.1, 0.15) is 0 Å². The second-order valence-corrected chi connectivity index (χ2v) is 4.89. The van der Waals surface area contributed by atoms with Gasteiger partial charge in [-0.3, -0.25) is 4.90 Å². The normalized spacial score (nSPS) is 10.9. The lowest BCUT2D eigenvalue weighted by atomic mass is 10.1. The average molecular weight is 245 g/mol. The van der Waals surface area contributed by atoms with Gasteiger partial charge >= 0.3 is 0 Å². The molecule has 1 aromatic carbocycles. The molecule has 3 nitrogen and oxygen atoms in total. The summed E-state index contributed by atoms with van der Waals surface area (Å²) in [7, 11) is 4.21. The van der Waals surface area contributed by atoms with Crippen molar-refractivity contribution >= 4 is 0 Å². The van der Waals surface area contributed by atoms with Gasteiger partial charge < -0.3 is 4.90 Å². The van der Waals surface area contributed by atoms with Crippen molar-refractivity contribution in [3.8, 4) is 6.07 Å². The van der Waals surface area contributed by atoms with Crippen LogP contribution in [-0.2, 0) is 6.54 Å². The summed E-state index contributed by atoms with van der Waals surface area (Å²) in [6, 6.07) is 10.0. The number of nitrogens with zero attached hydrogens (tertiary/aromatic N) is 3. The second kappa shape index (κ2) is 7.86. The van der Waals surface area contributed by atoms with E-state index in [1.54, 1.807) is 0 Å². The SMILES string of the molecule is CCCN(CCN(C)C)Cc1ccc(C#N)cc1. The zero-order valence-corrected chi connectivity index (χ0v) is 11.7. The predicted molar refractivity (Wildman–Crippen MR) is 75.3 cm³/mol. The van der Waals surface area contributed by atoms with Crippen molar-refractivity contribution in [1.82, 2.24) is 9.80 Å². The molecule has 1 rings (SSSR count). The van der Waals surface area contributed by atoms with Crippen molar-refractivity contribution in [3.63, 3.8) is 0 Å². The Morgan fingerprint density at radius 1 is 1.06 bits per heavy atom. The maximum absolute atomic E-state index is 8.77. The van der Waals surface area contributed by atoms with Crippen molar-refractivity contribution < 1.29 is 0 Å². The van der Waals surface area contributed by atoms with Crippen LogP contribution in [0.3, 0.4) is 0 Å². The maximum atomic E-state index is 8.77. The Balaban J connectivity index is 2.55. The van der Waals surface area contributed by atoms with E-state index in [9.17, 15) is 0 Å². The van der Waals surface area contributed by atoms with Crippen molar-refractivity contribution in [2.24, 2.45) is 0 Å². The predicted octanol–water partition coefficient (Wildman–Crippen LogP) is 2.33. The van der Waals surface area contributed by atoms with Gasteiger partial charge in [0, 0.05) is 19.6 Å². The van der Waals surface area contributed by atoms with Gasteiger partial charge in [-0.1, -0.05) is 19.1 Å². The van der Waals surface area contributed by atoms with Gasteiger partial charge in [0.15, 0.2) is 0 Å². The van der Waals surface area contributed by atoms with E-state index in [2.05, 4.69) is 49.0 Å². The molecule has 1 aromatic rings. The lowest BCUT2D eigenvalue weighted by molar-refractivity contribution is 0.234. The quantitative estimate of drug-likeness (QED) is 0.738. The molecule has 0 saturated heterocycles. The van der Waals surface area contributed by atoms with Crippen LogP contribution < -0.4 is 0 Å². The zero-order chi connectivity index (χ0) is 13.4. The fourth-order valence-corrected chi connectivity index (χ4v) is 1.87. The Hall–Kier alpha value is -1.37. The molecule has 0 bridgehead atoms. The summed E-state index contributed by atoms with van der Waals surface area (Å²) in [4.78, 5) is 4.67. The molecule has 0 aliphatic carbocycles. The molecular formula is C15H23N3.